The summed E-state index contributed by atoms with van der Waals surface area (Å²) in [6.07, 6.45) is 7.67. The zero-order valence-electron chi connectivity index (χ0n) is 12.3. The van der Waals surface area contributed by atoms with Gasteiger partial charge in [-0.25, -0.2) is 4.79 Å². The van der Waals surface area contributed by atoms with Gasteiger partial charge in [0, 0.05) is 19.1 Å². The summed E-state index contributed by atoms with van der Waals surface area (Å²) in [5.74, 6) is -0.616. The lowest BCUT2D eigenvalue weighted by Crippen LogP contribution is -2.50. The molecule has 2 atom stereocenters. The van der Waals surface area contributed by atoms with Crippen molar-refractivity contribution in [2.75, 3.05) is 13.1 Å². The van der Waals surface area contributed by atoms with Gasteiger partial charge in [0.15, 0.2) is 0 Å². The summed E-state index contributed by atoms with van der Waals surface area (Å²) >= 11 is 0. The lowest BCUT2D eigenvalue weighted by molar-refractivity contribution is -0.143. The van der Waals surface area contributed by atoms with E-state index in [1.54, 1.807) is 4.90 Å². The molecule has 5 heteroatoms. The van der Waals surface area contributed by atoms with E-state index in [4.69, 9.17) is 5.11 Å². The molecule has 0 aromatic carbocycles. The molecule has 5 nitrogen and oxygen atoms in total. The maximum atomic E-state index is 12.2. The van der Waals surface area contributed by atoms with Crippen LogP contribution in [0, 0.1) is 11.8 Å². The summed E-state index contributed by atoms with van der Waals surface area (Å²) in [5, 5.41) is 12.1. The molecule has 1 heterocycles. The van der Waals surface area contributed by atoms with E-state index in [9.17, 15) is 9.59 Å². The van der Waals surface area contributed by atoms with Gasteiger partial charge >= 0.3 is 12.0 Å². The first-order chi connectivity index (χ1) is 9.58. The lowest BCUT2D eigenvalue weighted by atomic mass is 9.84. The number of carboxylic acid groups (broad SMARTS) is 1. The van der Waals surface area contributed by atoms with E-state index in [1.165, 1.54) is 32.1 Å². The Hall–Kier alpha value is -1.26. The molecule has 2 unspecified atom stereocenters. The molecule has 1 aliphatic carbocycles. The molecule has 2 rings (SSSR count). The molecule has 0 aromatic heterocycles. The monoisotopic (exact) mass is 282 g/mol. The second-order valence-corrected chi connectivity index (χ2v) is 6.26. The molecule has 2 fully saturated rings. The molecule has 0 bridgehead atoms. The zero-order valence-corrected chi connectivity index (χ0v) is 12.3. The molecular weight excluding hydrogens is 256 g/mol. The first-order valence-electron chi connectivity index (χ1n) is 7.86. The predicted octanol–water partition coefficient (Wildman–Crippen LogP) is 2.46. The van der Waals surface area contributed by atoms with E-state index in [1.807, 2.05) is 0 Å². The molecule has 20 heavy (non-hydrogen) atoms. The van der Waals surface area contributed by atoms with Crippen molar-refractivity contribution >= 4 is 12.0 Å². The molecule has 1 saturated carbocycles. The van der Waals surface area contributed by atoms with Gasteiger partial charge in [-0.1, -0.05) is 19.3 Å². The third-order valence-corrected chi connectivity index (χ3v) is 4.77. The number of nitrogens with one attached hydrogen (secondary N) is 1. The summed E-state index contributed by atoms with van der Waals surface area (Å²) in [6.45, 7) is 3.10. The number of hydrogen-bond acceptors (Lipinski definition) is 2. The highest BCUT2D eigenvalue weighted by molar-refractivity contribution is 5.76. The highest BCUT2D eigenvalue weighted by Gasteiger charge is 2.29. The van der Waals surface area contributed by atoms with Crippen LogP contribution in [0.25, 0.3) is 0 Å². The van der Waals surface area contributed by atoms with Gasteiger partial charge in [-0.3, -0.25) is 4.79 Å². The van der Waals surface area contributed by atoms with Gasteiger partial charge in [-0.15, -0.1) is 0 Å². The van der Waals surface area contributed by atoms with Gasteiger partial charge < -0.3 is 15.3 Å². The van der Waals surface area contributed by atoms with Gasteiger partial charge in [0.1, 0.15) is 0 Å². The van der Waals surface area contributed by atoms with Gasteiger partial charge in [0.25, 0.3) is 0 Å². The summed E-state index contributed by atoms with van der Waals surface area (Å²) in [7, 11) is 0. The van der Waals surface area contributed by atoms with Crippen LogP contribution in [0.5, 0.6) is 0 Å². The number of likely N-dealkylation sites (tertiary alicyclic amines) is 1. The molecule has 0 radical (unpaired) electrons. The van der Waals surface area contributed by atoms with Crippen LogP contribution < -0.4 is 5.32 Å². The minimum Gasteiger partial charge on any atom is -0.481 e. The quantitative estimate of drug-likeness (QED) is 0.835. The Morgan fingerprint density at radius 2 is 1.85 bits per heavy atom. The summed E-state index contributed by atoms with van der Waals surface area (Å²) in [4.78, 5) is 24.9. The van der Waals surface area contributed by atoms with Crippen molar-refractivity contribution in [3.05, 3.63) is 0 Å². The third kappa shape index (κ3) is 3.87. The standard InChI is InChI=1S/C15H26N2O3/c1-11(12-6-3-2-4-7-12)16-15(20)17-9-5-8-13(10-17)14(18)19/h11-13H,2-10H2,1H3,(H,16,20)(H,18,19). The van der Waals surface area contributed by atoms with Crippen molar-refractivity contribution in [2.24, 2.45) is 11.8 Å². The molecule has 0 spiro atoms. The number of hydrogen-bond donors (Lipinski definition) is 2. The normalized spacial score (nSPS) is 26.1. The smallest absolute Gasteiger partial charge is 0.317 e. The number of carboxylic acids is 1. The van der Waals surface area contributed by atoms with Crippen molar-refractivity contribution in [1.82, 2.24) is 10.2 Å². The Morgan fingerprint density at radius 1 is 1.15 bits per heavy atom. The third-order valence-electron chi connectivity index (χ3n) is 4.77. The average molecular weight is 282 g/mol. The van der Waals surface area contributed by atoms with Crippen molar-refractivity contribution in [3.8, 4) is 0 Å². The van der Waals surface area contributed by atoms with Crippen molar-refractivity contribution < 1.29 is 14.7 Å². The maximum absolute atomic E-state index is 12.2. The summed E-state index contributed by atoms with van der Waals surface area (Å²) < 4.78 is 0. The van der Waals surface area contributed by atoms with Crippen LogP contribution in [-0.2, 0) is 4.79 Å². The second kappa shape index (κ2) is 6.95. The van der Waals surface area contributed by atoms with Crippen LogP contribution in [0.2, 0.25) is 0 Å². The highest BCUT2D eigenvalue weighted by atomic mass is 16.4. The van der Waals surface area contributed by atoms with Crippen LogP contribution in [-0.4, -0.2) is 41.1 Å². The molecule has 2 N–H and O–H groups in total. The van der Waals surface area contributed by atoms with Crippen molar-refractivity contribution in [1.29, 1.82) is 0 Å². The SMILES string of the molecule is CC(NC(=O)N1CCCC(C(=O)O)C1)C1CCCCC1. The van der Waals surface area contributed by atoms with Crippen LogP contribution in [0.4, 0.5) is 4.79 Å². The Morgan fingerprint density at radius 3 is 2.50 bits per heavy atom. The van der Waals surface area contributed by atoms with E-state index >= 15 is 0 Å². The van der Waals surface area contributed by atoms with Gasteiger partial charge in [0.05, 0.1) is 5.92 Å². The van der Waals surface area contributed by atoms with E-state index in [0.29, 0.717) is 25.4 Å². The van der Waals surface area contributed by atoms with E-state index < -0.39 is 11.9 Å². The Balaban J connectivity index is 1.82. The van der Waals surface area contributed by atoms with Crippen LogP contribution >= 0.6 is 0 Å². The number of urea groups is 1. The van der Waals surface area contributed by atoms with E-state index in [2.05, 4.69) is 12.2 Å². The van der Waals surface area contributed by atoms with Crippen LogP contribution in [0.15, 0.2) is 0 Å². The molecule has 114 valence electrons. The summed E-state index contributed by atoms with van der Waals surface area (Å²) in [5.41, 5.74) is 0. The van der Waals surface area contributed by atoms with Crippen molar-refractivity contribution in [2.45, 2.75) is 57.9 Å². The maximum Gasteiger partial charge on any atom is 0.317 e. The van der Waals surface area contributed by atoms with Gasteiger partial charge in [0.2, 0.25) is 0 Å². The molecular formula is C15H26N2O3. The molecule has 1 saturated heterocycles. The number of amides is 2. The fourth-order valence-corrected chi connectivity index (χ4v) is 3.40. The molecule has 1 aliphatic heterocycles. The molecule has 0 aromatic rings. The lowest BCUT2D eigenvalue weighted by Gasteiger charge is -2.34. The predicted molar refractivity (Wildman–Crippen MR) is 76.5 cm³/mol. The van der Waals surface area contributed by atoms with E-state index in [0.717, 1.165) is 6.42 Å². The minimum atomic E-state index is -0.789. The fraction of sp³-hybridized carbons (Fsp3) is 0.867. The number of piperidine rings is 1. The largest absolute Gasteiger partial charge is 0.481 e. The van der Waals surface area contributed by atoms with Crippen LogP contribution in [0.1, 0.15) is 51.9 Å². The molecule has 2 aliphatic rings. The topological polar surface area (TPSA) is 69.6 Å². The molecule has 2 amide bonds. The number of carbonyl (C=O) groups is 2. The first-order valence-corrected chi connectivity index (χ1v) is 7.86. The number of carbonyl (C=O) groups excluding carboxylic acids is 1. The number of rotatable bonds is 3. The number of nitrogens with zero attached hydrogens (tertiary/aromatic N) is 1. The van der Waals surface area contributed by atoms with E-state index in [-0.39, 0.29) is 12.1 Å². The highest BCUT2D eigenvalue weighted by Crippen LogP contribution is 2.26. The van der Waals surface area contributed by atoms with Crippen molar-refractivity contribution in [3.63, 3.8) is 0 Å². The zero-order chi connectivity index (χ0) is 14.5. The van der Waals surface area contributed by atoms with Crippen LogP contribution in [0.3, 0.4) is 0 Å². The Kier molecular flexibility index (Phi) is 5.26. The fourth-order valence-electron chi connectivity index (χ4n) is 3.40. The van der Waals surface area contributed by atoms with Gasteiger partial charge in [-0.05, 0) is 38.5 Å². The second-order valence-electron chi connectivity index (χ2n) is 6.26. The minimum absolute atomic E-state index is 0.0889. The Bertz CT molecular complexity index is 353. The summed E-state index contributed by atoms with van der Waals surface area (Å²) in [6, 6.07) is 0.0991. The number of aliphatic carboxylic acids is 1. The Labute approximate surface area is 120 Å². The average Bonchev–Trinajstić information content (AvgIpc) is 2.48. The first kappa shape index (κ1) is 15.1. The van der Waals surface area contributed by atoms with Gasteiger partial charge in [-0.2, -0.15) is 0 Å².